The van der Waals surface area contributed by atoms with Gasteiger partial charge in [0.2, 0.25) is 5.91 Å². The number of nitrogens with one attached hydrogen (secondary N) is 1. The van der Waals surface area contributed by atoms with Crippen LogP contribution in [0.25, 0.3) is 10.9 Å². The van der Waals surface area contributed by atoms with E-state index in [2.05, 4.69) is 5.32 Å². The number of amides is 1. The third kappa shape index (κ3) is 3.20. The van der Waals surface area contributed by atoms with Crippen molar-refractivity contribution >= 4 is 28.4 Å². The molecule has 2 aromatic rings. The fraction of sp³-hybridized carbons (Fsp3) is 0.333. The largest absolute Gasteiger partial charge is 0.352 e. The Kier molecular flexibility index (Phi) is 4.45. The number of halogens is 1. The lowest BCUT2D eigenvalue weighted by Crippen LogP contribution is -2.34. The van der Waals surface area contributed by atoms with Gasteiger partial charge in [0.1, 0.15) is 6.54 Å². The zero-order valence-electron chi connectivity index (χ0n) is 11.5. The van der Waals surface area contributed by atoms with Crippen LogP contribution in [0.2, 0.25) is 5.02 Å². The summed E-state index contributed by atoms with van der Waals surface area (Å²) in [4.78, 5) is 23.8. The highest BCUT2D eigenvalue weighted by atomic mass is 35.5. The topological polar surface area (TPSA) is 51.1 Å². The van der Waals surface area contributed by atoms with Gasteiger partial charge in [0.25, 0.3) is 0 Å². The fourth-order valence-electron chi connectivity index (χ4n) is 2.00. The van der Waals surface area contributed by atoms with Crippen molar-refractivity contribution in [2.75, 3.05) is 0 Å². The van der Waals surface area contributed by atoms with Gasteiger partial charge in [-0.15, -0.1) is 0 Å². The number of fused-ring (bicyclic) bond motifs is 1. The molecule has 1 amide bonds. The summed E-state index contributed by atoms with van der Waals surface area (Å²) in [6, 6.07) is 6.70. The maximum absolute atomic E-state index is 11.9. The zero-order chi connectivity index (χ0) is 14.7. The first kappa shape index (κ1) is 14.6. The molecule has 0 radical (unpaired) electrons. The normalized spacial score (nSPS) is 12.3. The molecule has 0 fully saturated rings. The predicted octanol–water partition coefficient (Wildman–Crippen LogP) is 2.57. The molecular weight excluding hydrogens is 276 g/mol. The summed E-state index contributed by atoms with van der Waals surface area (Å²) in [6.07, 6.45) is 2.51. The van der Waals surface area contributed by atoms with Crippen molar-refractivity contribution in [3.05, 3.63) is 45.7 Å². The highest BCUT2D eigenvalue weighted by Gasteiger charge is 2.09. The second kappa shape index (κ2) is 6.09. The van der Waals surface area contributed by atoms with Crippen LogP contribution in [0.3, 0.4) is 0 Å². The standard InChI is InChI=1S/C15H17ClN2O2/c1-3-10(2)17-15(20)9-18-7-6-14(19)12-8-11(16)4-5-13(12)18/h4-8,10H,3,9H2,1-2H3,(H,17,20)/t10-/m0/s1. The molecule has 0 bridgehead atoms. The molecule has 0 aliphatic carbocycles. The molecule has 1 aromatic heterocycles. The number of nitrogens with zero attached hydrogens (tertiary/aromatic N) is 1. The number of aromatic nitrogens is 1. The van der Waals surface area contributed by atoms with Crippen molar-refractivity contribution in [3.63, 3.8) is 0 Å². The van der Waals surface area contributed by atoms with E-state index >= 15 is 0 Å². The highest BCUT2D eigenvalue weighted by Crippen LogP contribution is 2.16. The third-order valence-electron chi connectivity index (χ3n) is 3.27. The van der Waals surface area contributed by atoms with Crippen LogP contribution in [0.5, 0.6) is 0 Å². The Labute approximate surface area is 122 Å². The van der Waals surface area contributed by atoms with Crippen molar-refractivity contribution in [2.24, 2.45) is 0 Å². The molecule has 106 valence electrons. The molecule has 20 heavy (non-hydrogen) atoms. The first-order valence-electron chi connectivity index (χ1n) is 6.59. The minimum absolute atomic E-state index is 0.0701. The Hall–Kier alpha value is -1.81. The summed E-state index contributed by atoms with van der Waals surface area (Å²) in [6.45, 7) is 4.16. The molecular formula is C15H17ClN2O2. The Morgan fingerprint density at radius 2 is 2.15 bits per heavy atom. The van der Waals surface area contributed by atoms with Gasteiger partial charge in [-0.2, -0.15) is 0 Å². The summed E-state index contributed by atoms with van der Waals surface area (Å²) in [5, 5.41) is 3.94. The van der Waals surface area contributed by atoms with Crippen LogP contribution in [-0.4, -0.2) is 16.5 Å². The van der Waals surface area contributed by atoms with Crippen LogP contribution >= 0.6 is 11.6 Å². The molecule has 5 heteroatoms. The minimum Gasteiger partial charge on any atom is -0.352 e. The first-order chi connectivity index (χ1) is 9.51. The number of rotatable bonds is 4. The molecule has 4 nitrogen and oxygen atoms in total. The monoisotopic (exact) mass is 292 g/mol. The summed E-state index contributed by atoms with van der Waals surface area (Å²) >= 11 is 5.91. The number of hydrogen-bond donors (Lipinski definition) is 1. The third-order valence-corrected chi connectivity index (χ3v) is 3.51. The van der Waals surface area contributed by atoms with Crippen LogP contribution in [0.4, 0.5) is 0 Å². The van der Waals surface area contributed by atoms with E-state index < -0.39 is 0 Å². The molecule has 2 rings (SSSR count). The molecule has 0 unspecified atom stereocenters. The summed E-state index contributed by atoms with van der Waals surface area (Å²) in [7, 11) is 0. The number of pyridine rings is 1. The average Bonchev–Trinajstić information content (AvgIpc) is 2.42. The van der Waals surface area contributed by atoms with Crippen molar-refractivity contribution in [3.8, 4) is 0 Å². The smallest absolute Gasteiger partial charge is 0.240 e. The Balaban J connectivity index is 2.34. The average molecular weight is 293 g/mol. The van der Waals surface area contributed by atoms with Crippen LogP contribution in [-0.2, 0) is 11.3 Å². The maximum Gasteiger partial charge on any atom is 0.240 e. The Morgan fingerprint density at radius 1 is 1.40 bits per heavy atom. The molecule has 0 saturated heterocycles. The van der Waals surface area contributed by atoms with Gasteiger partial charge in [0.15, 0.2) is 5.43 Å². The van der Waals surface area contributed by atoms with E-state index in [4.69, 9.17) is 11.6 Å². The Morgan fingerprint density at radius 3 is 2.85 bits per heavy atom. The molecule has 0 spiro atoms. The van der Waals surface area contributed by atoms with Crippen molar-refractivity contribution in [2.45, 2.75) is 32.9 Å². The fourth-order valence-corrected chi connectivity index (χ4v) is 2.17. The van der Waals surface area contributed by atoms with Gasteiger partial charge in [-0.1, -0.05) is 18.5 Å². The second-order valence-electron chi connectivity index (χ2n) is 4.85. The van der Waals surface area contributed by atoms with Gasteiger partial charge >= 0.3 is 0 Å². The maximum atomic E-state index is 11.9. The van der Waals surface area contributed by atoms with E-state index in [0.717, 1.165) is 6.42 Å². The second-order valence-corrected chi connectivity index (χ2v) is 5.28. The van der Waals surface area contributed by atoms with Crippen molar-refractivity contribution < 1.29 is 4.79 Å². The number of carbonyl (C=O) groups is 1. The predicted molar refractivity (Wildman–Crippen MR) is 81.1 cm³/mol. The van der Waals surface area contributed by atoms with Gasteiger partial charge in [-0.25, -0.2) is 0 Å². The molecule has 1 N–H and O–H groups in total. The molecule has 1 atom stereocenters. The van der Waals surface area contributed by atoms with Crippen LogP contribution < -0.4 is 10.7 Å². The molecule has 1 heterocycles. The minimum atomic E-state index is -0.0962. The first-order valence-corrected chi connectivity index (χ1v) is 6.97. The quantitative estimate of drug-likeness (QED) is 0.941. The lowest BCUT2D eigenvalue weighted by Gasteiger charge is -2.14. The SMILES string of the molecule is CC[C@H](C)NC(=O)Cn1ccc(=O)c2cc(Cl)ccc21. The van der Waals surface area contributed by atoms with Gasteiger partial charge in [-0.05, 0) is 31.5 Å². The van der Waals surface area contributed by atoms with Gasteiger partial charge in [0, 0.05) is 28.7 Å². The molecule has 0 aliphatic heterocycles. The van der Waals surface area contributed by atoms with Crippen LogP contribution in [0, 0.1) is 0 Å². The van der Waals surface area contributed by atoms with E-state index in [1.54, 1.807) is 29.0 Å². The number of hydrogen-bond acceptors (Lipinski definition) is 2. The zero-order valence-corrected chi connectivity index (χ0v) is 12.3. The van der Waals surface area contributed by atoms with Crippen molar-refractivity contribution in [1.82, 2.24) is 9.88 Å². The highest BCUT2D eigenvalue weighted by molar-refractivity contribution is 6.31. The lowest BCUT2D eigenvalue weighted by atomic mass is 10.2. The van der Waals surface area contributed by atoms with E-state index in [0.29, 0.717) is 15.9 Å². The van der Waals surface area contributed by atoms with Gasteiger partial charge in [0.05, 0.1) is 5.52 Å². The van der Waals surface area contributed by atoms with Crippen LogP contribution in [0.1, 0.15) is 20.3 Å². The molecule has 1 aromatic carbocycles. The van der Waals surface area contributed by atoms with E-state index in [-0.39, 0.29) is 23.9 Å². The van der Waals surface area contributed by atoms with Crippen molar-refractivity contribution in [1.29, 1.82) is 0 Å². The lowest BCUT2D eigenvalue weighted by molar-refractivity contribution is -0.122. The summed E-state index contributed by atoms with van der Waals surface area (Å²) in [5.41, 5.74) is 0.613. The van der Waals surface area contributed by atoms with E-state index in [9.17, 15) is 9.59 Å². The van der Waals surface area contributed by atoms with E-state index in [1.165, 1.54) is 6.07 Å². The van der Waals surface area contributed by atoms with E-state index in [1.807, 2.05) is 13.8 Å². The number of benzene rings is 1. The van der Waals surface area contributed by atoms with Gasteiger partial charge < -0.3 is 9.88 Å². The van der Waals surface area contributed by atoms with Crippen LogP contribution in [0.15, 0.2) is 35.3 Å². The number of carbonyl (C=O) groups excluding carboxylic acids is 1. The molecule has 0 saturated carbocycles. The summed E-state index contributed by atoms with van der Waals surface area (Å²) in [5.74, 6) is -0.0701. The van der Waals surface area contributed by atoms with Gasteiger partial charge in [-0.3, -0.25) is 9.59 Å². The Bertz CT molecular complexity index is 694. The molecule has 0 aliphatic rings. The summed E-state index contributed by atoms with van der Waals surface area (Å²) < 4.78 is 1.75.